The Kier molecular flexibility index (Phi) is 2.14. The molecular formula is C9H14O2. The lowest BCUT2D eigenvalue weighted by Gasteiger charge is -2.28. The summed E-state index contributed by atoms with van der Waals surface area (Å²) in [5, 5.41) is 8.92. The molecular weight excluding hydrogens is 140 g/mol. The molecule has 0 aromatic carbocycles. The van der Waals surface area contributed by atoms with Crippen molar-refractivity contribution in [3.05, 3.63) is 11.6 Å². The zero-order valence-electron chi connectivity index (χ0n) is 7.05. The smallest absolute Gasteiger partial charge is 0.142 e. The van der Waals surface area contributed by atoms with Crippen LogP contribution in [-0.2, 0) is 4.79 Å². The van der Waals surface area contributed by atoms with Crippen molar-refractivity contribution in [2.75, 3.05) is 6.61 Å². The van der Waals surface area contributed by atoms with Crippen LogP contribution in [0.1, 0.15) is 26.7 Å². The van der Waals surface area contributed by atoms with Gasteiger partial charge in [0.1, 0.15) is 5.78 Å². The number of aliphatic hydroxyl groups is 1. The Morgan fingerprint density at radius 3 is 2.73 bits per heavy atom. The van der Waals surface area contributed by atoms with E-state index in [0.717, 1.165) is 12.0 Å². The summed E-state index contributed by atoms with van der Waals surface area (Å²) in [6.07, 6.45) is 3.38. The van der Waals surface area contributed by atoms with Crippen LogP contribution >= 0.6 is 0 Å². The molecule has 0 amide bonds. The fraction of sp³-hybridized carbons (Fsp3) is 0.667. The first-order valence-corrected chi connectivity index (χ1v) is 3.92. The molecule has 0 radical (unpaired) electrons. The van der Waals surface area contributed by atoms with E-state index in [0.29, 0.717) is 6.42 Å². The largest absolute Gasteiger partial charge is 0.392 e. The lowest BCUT2D eigenvalue weighted by atomic mass is 9.75. The van der Waals surface area contributed by atoms with Crippen molar-refractivity contribution < 1.29 is 9.90 Å². The molecule has 0 fully saturated rings. The van der Waals surface area contributed by atoms with E-state index < -0.39 is 5.41 Å². The van der Waals surface area contributed by atoms with Crippen LogP contribution in [0.15, 0.2) is 11.6 Å². The molecule has 0 saturated carbocycles. The minimum Gasteiger partial charge on any atom is -0.392 e. The maximum atomic E-state index is 11.3. The van der Waals surface area contributed by atoms with Gasteiger partial charge < -0.3 is 5.11 Å². The van der Waals surface area contributed by atoms with Crippen LogP contribution in [0, 0.1) is 5.41 Å². The van der Waals surface area contributed by atoms with Crippen molar-refractivity contribution in [1.82, 2.24) is 0 Å². The third-order valence-corrected chi connectivity index (χ3v) is 2.43. The number of allylic oxidation sites excluding steroid dienone is 1. The molecule has 0 spiro atoms. The van der Waals surface area contributed by atoms with Crippen molar-refractivity contribution in [3.8, 4) is 0 Å². The number of ketones is 1. The summed E-state index contributed by atoms with van der Waals surface area (Å²) in [4.78, 5) is 11.3. The Morgan fingerprint density at radius 2 is 2.27 bits per heavy atom. The highest BCUT2D eigenvalue weighted by molar-refractivity contribution is 5.88. The lowest BCUT2D eigenvalue weighted by Crippen LogP contribution is -2.30. The molecule has 1 N–H and O–H groups in total. The van der Waals surface area contributed by atoms with Crippen molar-refractivity contribution >= 4 is 5.78 Å². The first-order chi connectivity index (χ1) is 5.09. The lowest BCUT2D eigenvalue weighted by molar-refractivity contribution is -0.126. The second-order valence-corrected chi connectivity index (χ2v) is 3.47. The Bertz CT molecular complexity index is 202. The number of aliphatic hydroxyl groups excluding tert-OH is 1. The highest BCUT2D eigenvalue weighted by Gasteiger charge is 2.32. The van der Waals surface area contributed by atoms with Gasteiger partial charge in [0.05, 0.1) is 6.61 Å². The normalized spacial score (nSPS) is 23.2. The van der Waals surface area contributed by atoms with Gasteiger partial charge in [-0.3, -0.25) is 4.79 Å². The van der Waals surface area contributed by atoms with Crippen LogP contribution < -0.4 is 0 Å². The van der Waals surface area contributed by atoms with E-state index in [2.05, 4.69) is 0 Å². The number of carbonyl (C=O) groups is 1. The fourth-order valence-corrected chi connectivity index (χ4v) is 1.39. The first-order valence-electron chi connectivity index (χ1n) is 3.92. The van der Waals surface area contributed by atoms with Crippen LogP contribution in [-0.4, -0.2) is 17.5 Å². The van der Waals surface area contributed by atoms with Crippen LogP contribution in [0.2, 0.25) is 0 Å². The molecule has 0 aromatic rings. The molecule has 0 bridgehead atoms. The highest BCUT2D eigenvalue weighted by Crippen LogP contribution is 2.32. The topological polar surface area (TPSA) is 37.3 Å². The molecule has 2 heteroatoms. The molecule has 62 valence electrons. The SMILES string of the molecule is CC1(C)C(=O)CCC=C1CO. The third-order valence-electron chi connectivity index (χ3n) is 2.43. The summed E-state index contributed by atoms with van der Waals surface area (Å²) in [6, 6.07) is 0. The van der Waals surface area contributed by atoms with E-state index in [9.17, 15) is 4.79 Å². The molecule has 0 heterocycles. The van der Waals surface area contributed by atoms with E-state index in [1.165, 1.54) is 0 Å². The van der Waals surface area contributed by atoms with Crippen molar-refractivity contribution in [3.63, 3.8) is 0 Å². The monoisotopic (exact) mass is 154 g/mol. The third kappa shape index (κ3) is 1.36. The average molecular weight is 154 g/mol. The van der Waals surface area contributed by atoms with E-state index in [1.54, 1.807) is 0 Å². The number of hydrogen-bond donors (Lipinski definition) is 1. The predicted molar refractivity (Wildman–Crippen MR) is 43.2 cm³/mol. The van der Waals surface area contributed by atoms with E-state index in [4.69, 9.17) is 5.11 Å². The Morgan fingerprint density at radius 1 is 1.64 bits per heavy atom. The van der Waals surface area contributed by atoms with Gasteiger partial charge in [0.15, 0.2) is 0 Å². The van der Waals surface area contributed by atoms with Crippen molar-refractivity contribution in [2.24, 2.45) is 5.41 Å². The molecule has 0 atom stereocenters. The second-order valence-electron chi connectivity index (χ2n) is 3.47. The molecule has 0 aromatic heterocycles. The van der Waals surface area contributed by atoms with E-state index in [-0.39, 0.29) is 12.4 Å². The van der Waals surface area contributed by atoms with Gasteiger partial charge in [-0.15, -0.1) is 0 Å². The summed E-state index contributed by atoms with van der Waals surface area (Å²) in [7, 11) is 0. The minimum absolute atomic E-state index is 0.0126. The van der Waals surface area contributed by atoms with Gasteiger partial charge in [-0.25, -0.2) is 0 Å². The van der Waals surface area contributed by atoms with Crippen LogP contribution in [0.5, 0.6) is 0 Å². The Labute approximate surface area is 66.9 Å². The summed E-state index contributed by atoms with van der Waals surface area (Å²) < 4.78 is 0. The maximum Gasteiger partial charge on any atom is 0.142 e. The van der Waals surface area contributed by atoms with E-state index >= 15 is 0 Å². The molecule has 2 nitrogen and oxygen atoms in total. The van der Waals surface area contributed by atoms with Crippen LogP contribution in [0.4, 0.5) is 0 Å². The summed E-state index contributed by atoms with van der Waals surface area (Å²) in [5.41, 5.74) is 0.446. The summed E-state index contributed by atoms with van der Waals surface area (Å²) >= 11 is 0. The standard InChI is InChI=1S/C9H14O2/c1-9(2)7(6-10)4-3-5-8(9)11/h4,10H,3,5-6H2,1-2H3. The Hall–Kier alpha value is -0.630. The molecule has 11 heavy (non-hydrogen) atoms. The number of carbonyl (C=O) groups excluding carboxylic acids is 1. The van der Waals surface area contributed by atoms with Crippen molar-refractivity contribution in [2.45, 2.75) is 26.7 Å². The second kappa shape index (κ2) is 2.78. The maximum absolute atomic E-state index is 11.3. The molecule has 0 saturated heterocycles. The molecule has 1 aliphatic rings. The summed E-state index contributed by atoms with van der Waals surface area (Å²) in [5.74, 6) is 0.240. The van der Waals surface area contributed by atoms with Gasteiger partial charge in [0.25, 0.3) is 0 Å². The minimum atomic E-state index is -0.424. The van der Waals surface area contributed by atoms with Gasteiger partial charge in [0, 0.05) is 11.8 Å². The quantitative estimate of drug-likeness (QED) is 0.578. The molecule has 1 aliphatic carbocycles. The van der Waals surface area contributed by atoms with Gasteiger partial charge >= 0.3 is 0 Å². The number of hydrogen-bond acceptors (Lipinski definition) is 2. The molecule has 0 aliphatic heterocycles. The van der Waals surface area contributed by atoms with Crippen LogP contribution in [0.3, 0.4) is 0 Å². The zero-order valence-corrected chi connectivity index (χ0v) is 7.05. The highest BCUT2D eigenvalue weighted by atomic mass is 16.3. The fourth-order valence-electron chi connectivity index (χ4n) is 1.39. The zero-order chi connectivity index (χ0) is 8.48. The van der Waals surface area contributed by atoms with Gasteiger partial charge in [0.2, 0.25) is 0 Å². The predicted octanol–water partition coefficient (Wildman–Crippen LogP) is 1.29. The first kappa shape index (κ1) is 8.47. The summed E-state index contributed by atoms with van der Waals surface area (Å²) in [6.45, 7) is 3.76. The van der Waals surface area contributed by atoms with Gasteiger partial charge in [-0.1, -0.05) is 6.08 Å². The van der Waals surface area contributed by atoms with E-state index in [1.807, 2.05) is 19.9 Å². The van der Waals surface area contributed by atoms with Gasteiger partial charge in [-0.2, -0.15) is 0 Å². The van der Waals surface area contributed by atoms with Crippen molar-refractivity contribution in [1.29, 1.82) is 0 Å². The molecule has 1 rings (SSSR count). The Balaban J connectivity index is 2.93. The average Bonchev–Trinajstić information content (AvgIpc) is 1.95. The van der Waals surface area contributed by atoms with Crippen LogP contribution in [0.25, 0.3) is 0 Å². The molecule has 0 unspecified atom stereocenters. The number of Topliss-reactive ketones (excluding diaryl/α,β-unsaturated/α-hetero) is 1. The van der Waals surface area contributed by atoms with Gasteiger partial charge in [-0.05, 0) is 25.8 Å². The number of rotatable bonds is 1.